The van der Waals surface area contributed by atoms with Gasteiger partial charge in [-0.15, -0.1) is 0 Å². The first-order valence-corrected chi connectivity index (χ1v) is 9.12. The molecule has 0 bridgehead atoms. The summed E-state index contributed by atoms with van der Waals surface area (Å²) in [5.41, 5.74) is 0.398. The van der Waals surface area contributed by atoms with Gasteiger partial charge in [-0.3, -0.25) is 4.79 Å². The second kappa shape index (κ2) is 8.73. The van der Waals surface area contributed by atoms with Crippen molar-refractivity contribution in [3.63, 3.8) is 0 Å². The molecule has 1 heterocycles. The van der Waals surface area contributed by atoms with Crippen LogP contribution in [0.25, 0.3) is 0 Å². The topological polar surface area (TPSA) is 67.9 Å². The third-order valence-corrected chi connectivity index (χ3v) is 4.36. The third kappa shape index (κ3) is 6.18. The first kappa shape index (κ1) is 20.5. The van der Waals surface area contributed by atoms with Gasteiger partial charge in [-0.05, 0) is 44.9 Å². The molecule has 7 heteroatoms. The monoisotopic (exact) mass is 382 g/mol. The molecule has 1 aromatic carbocycles. The maximum Gasteiger partial charge on any atom is 0.410 e. The summed E-state index contributed by atoms with van der Waals surface area (Å²) in [5, 5.41) is 4.08. The minimum atomic E-state index is -0.517. The molecule has 1 saturated heterocycles. The quantitative estimate of drug-likeness (QED) is 0.789. The van der Waals surface area contributed by atoms with E-state index in [1.807, 2.05) is 39.0 Å². The Morgan fingerprint density at radius 3 is 2.73 bits per heavy atom. The highest BCUT2D eigenvalue weighted by Crippen LogP contribution is 2.24. The molecule has 1 aliphatic rings. The zero-order valence-corrected chi connectivity index (χ0v) is 16.5. The van der Waals surface area contributed by atoms with Gasteiger partial charge < -0.3 is 19.7 Å². The predicted molar refractivity (Wildman–Crippen MR) is 100 cm³/mol. The number of carbonyl (C=O) groups excluding carboxylic acids is 2. The summed E-state index contributed by atoms with van der Waals surface area (Å²) < 4.78 is 10.2. The summed E-state index contributed by atoms with van der Waals surface area (Å²) in [4.78, 5) is 25.7. The highest BCUT2D eigenvalue weighted by molar-refractivity contribution is 6.30. The van der Waals surface area contributed by atoms with Gasteiger partial charge in [0.2, 0.25) is 0 Å². The first-order valence-electron chi connectivity index (χ1n) is 8.74. The SMILES string of the molecule is COC(=O)CC(N[C@@H]1CCN(C(=O)OC(C)(C)C)C1)c1cccc(Cl)c1. The standard InChI is InChI=1S/C19H27ClN2O4/c1-19(2,3)26-18(24)22-9-8-15(12-22)21-16(11-17(23)25-4)13-6-5-7-14(20)10-13/h5-7,10,15-16,21H,8-9,11-12H2,1-4H3/t15-,16?/m1/s1. The number of nitrogens with zero attached hydrogens (tertiary/aromatic N) is 1. The number of methoxy groups -OCH3 is 1. The molecule has 1 amide bonds. The van der Waals surface area contributed by atoms with Gasteiger partial charge in [-0.2, -0.15) is 0 Å². The van der Waals surface area contributed by atoms with Gasteiger partial charge in [0.15, 0.2) is 0 Å². The number of likely N-dealkylation sites (tertiary alicyclic amines) is 1. The fourth-order valence-electron chi connectivity index (χ4n) is 2.92. The molecule has 2 rings (SSSR count). The first-order chi connectivity index (χ1) is 12.2. The maximum absolute atomic E-state index is 12.2. The van der Waals surface area contributed by atoms with Crippen molar-refractivity contribution in [1.29, 1.82) is 0 Å². The molecule has 1 aliphatic heterocycles. The minimum Gasteiger partial charge on any atom is -0.469 e. The molecule has 1 fully saturated rings. The van der Waals surface area contributed by atoms with Crippen LogP contribution in [0.3, 0.4) is 0 Å². The summed E-state index contributed by atoms with van der Waals surface area (Å²) in [7, 11) is 1.37. The highest BCUT2D eigenvalue weighted by Gasteiger charge is 2.31. The lowest BCUT2D eigenvalue weighted by Crippen LogP contribution is -2.39. The number of rotatable bonds is 5. The van der Waals surface area contributed by atoms with E-state index in [0.29, 0.717) is 18.1 Å². The maximum atomic E-state index is 12.2. The van der Waals surface area contributed by atoms with Crippen molar-refractivity contribution in [2.24, 2.45) is 0 Å². The van der Waals surface area contributed by atoms with Gasteiger partial charge in [-0.1, -0.05) is 23.7 Å². The van der Waals surface area contributed by atoms with Gasteiger partial charge in [0, 0.05) is 30.2 Å². The van der Waals surface area contributed by atoms with Crippen molar-refractivity contribution in [2.75, 3.05) is 20.2 Å². The van der Waals surface area contributed by atoms with Gasteiger partial charge in [-0.25, -0.2) is 4.79 Å². The number of benzene rings is 1. The lowest BCUT2D eigenvalue weighted by Gasteiger charge is -2.25. The van der Waals surface area contributed by atoms with E-state index in [-0.39, 0.29) is 30.6 Å². The van der Waals surface area contributed by atoms with Gasteiger partial charge in [0.25, 0.3) is 0 Å². The average molecular weight is 383 g/mol. The van der Waals surface area contributed by atoms with E-state index in [1.54, 1.807) is 11.0 Å². The number of amides is 1. The summed E-state index contributed by atoms with van der Waals surface area (Å²) in [6, 6.07) is 7.24. The predicted octanol–water partition coefficient (Wildman–Crippen LogP) is 3.54. The lowest BCUT2D eigenvalue weighted by atomic mass is 10.0. The fraction of sp³-hybridized carbons (Fsp3) is 0.579. The van der Waals surface area contributed by atoms with Crippen LogP contribution < -0.4 is 5.32 Å². The highest BCUT2D eigenvalue weighted by atomic mass is 35.5. The Labute approximate surface area is 159 Å². The van der Waals surface area contributed by atoms with Crippen LogP contribution in [0.4, 0.5) is 4.79 Å². The summed E-state index contributed by atoms with van der Waals surface area (Å²) in [6.45, 7) is 6.70. The molecule has 2 atom stereocenters. The third-order valence-electron chi connectivity index (χ3n) is 4.13. The minimum absolute atomic E-state index is 0.0659. The average Bonchev–Trinajstić information content (AvgIpc) is 3.01. The molecule has 6 nitrogen and oxygen atoms in total. The molecule has 0 spiro atoms. The van der Waals surface area contributed by atoms with E-state index in [0.717, 1.165) is 12.0 Å². The molecule has 0 saturated carbocycles. The van der Waals surface area contributed by atoms with Crippen molar-refractivity contribution >= 4 is 23.7 Å². The molecule has 1 N–H and O–H groups in total. The number of halogens is 1. The Kier molecular flexibility index (Phi) is 6.89. The molecule has 26 heavy (non-hydrogen) atoms. The molecular weight excluding hydrogens is 356 g/mol. The van der Waals surface area contributed by atoms with Crippen LogP contribution in [-0.4, -0.2) is 48.8 Å². The summed E-state index contributed by atoms with van der Waals surface area (Å²) >= 11 is 6.09. The van der Waals surface area contributed by atoms with E-state index < -0.39 is 5.60 Å². The molecular formula is C19H27ClN2O4. The number of hydrogen-bond donors (Lipinski definition) is 1. The van der Waals surface area contributed by atoms with Crippen LogP contribution in [0.15, 0.2) is 24.3 Å². The van der Waals surface area contributed by atoms with Crippen LogP contribution in [0.1, 0.15) is 45.2 Å². The number of nitrogens with one attached hydrogen (secondary N) is 1. The second-order valence-corrected chi connectivity index (χ2v) is 7.90. The molecule has 144 valence electrons. The van der Waals surface area contributed by atoms with Crippen LogP contribution in [0.2, 0.25) is 5.02 Å². The largest absolute Gasteiger partial charge is 0.469 e. The Morgan fingerprint density at radius 1 is 1.38 bits per heavy atom. The van der Waals surface area contributed by atoms with E-state index in [9.17, 15) is 9.59 Å². The Hall–Kier alpha value is -1.79. The molecule has 1 aromatic rings. The number of esters is 1. The fourth-order valence-corrected chi connectivity index (χ4v) is 3.12. The van der Waals surface area contributed by atoms with Crippen molar-refractivity contribution in [3.8, 4) is 0 Å². The van der Waals surface area contributed by atoms with Crippen molar-refractivity contribution in [2.45, 2.75) is 51.3 Å². The van der Waals surface area contributed by atoms with E-state index in [1.165, 1.54) is 7.11 Å². The van der Waals surface area contributed by atoms with Crippen molar-refractivity contribution < 1.29 is 19.1 Å². The Morgan fingerprint density at radius 2 is 2.12 bits per heavy atom. The number of hydrogen-bond acceptors (Lipinski definition) is 5. The molecule has 1 unspecified atom stereocenters. The van der Waals surface area contributed by atoms with Crippen LogP contribution in [0.5, 0.6) is 0 Å². The molecule has 0 aromatic heterocycles. The van der Waals surface area contributed by atoms with Gasteiger partial charge in [0.05, 0.1) is 13.5 Å². The van der Waals surface area contributed by atoms with E-state index in [4.69, 9.17) is 21.1 Å². The van der Waals surface area contributed by atoms with Crippen molar-refractivity contribution in [1.82, 2.24) is 10.2 Å². The van der Waals surface area contributed by atoms with Crippen LogP contribution >= 0.6 is 11.6 Å². The summed E-state index contributed by atoms with van der Waals surface area (Å²) in [6.07, 6.45) is 0.672. The zero-order valence-electron chi connectivity index (χ0n) is 15.8. The van der Waals surface area contributed by atoms with E-state index in [2.05, 4.69) is 5.32 Å². The Bertz CT molecular complexity index is 645. The normalized spacial score (nSPS) is 18.5. The van der Waals surface area contributed by atoms with Crippen LogP contribution in [-0.2, 0) is 14.3 Å². The second-order valence-electron chi connectivity index (χ2n) is 7.47. The molecule has 0 radical (unpaired) electrons. The number of carbonyl (C=O) groups is 2. The van der Waals surface area contributed by atoms with Gasteiger partial charge in [0.1, 0.15) is 5.60 Å². The zero-order chi connectivity index (χ0) is 19.3. The lowest BCUT2D eigenvalue weighted by molar-refractivity contribution is -0.141. The van der Waals surface area contributed by atoms with Gasteiger partial charge >= 0.3 is 12.1 Å². The van der Waals surface area contributed by atoms with Crippen molar-refractivity contribution in [3.05, 3.63) is 34.9 Å². The number of ether oxygens (including phenoxy) is 2. The van der Waals surface area contributed by atoms with Crippen LogP contribution in [0, 0.1) is 0 Å². The summed E-state index contributed by atoms with van der Waals surface area (Å²) in [5.74, 6) is -0.301. The van der Waals surface area contributed by atoms with E-state index >= 15 is 0 Å². The Balaban J connectivity index is 2.02. The smallest absolute Gasteiger partial charge is 0.410 e. The molecule has 0 aliphatic carbocycles.